The Morgan fingerprint density at radius 1 is 0.800 bits per heavy atom. The lowest BCUT2D eigenvalue weighted by molar-refractivity contribution is 0.714. The molecule has 3 aromatic carbocycles. The highest BCUT2D eigenvalue weighted by Gasteiger charge is 2.20. The zero-order valence-electron chi connectivity index (χ0n) is 16.7. The second-order valence-electron chi connectivity index (χ2n) is 7.32. The highest BCUT2D eigenvalue weighted by atomic mass is 32.2. The SMILES string of the molecule is Cc1[nH]c2ccccc2c1-c1nnc(SCc2ccccc2)n1Cc1ccccc1. The summed E-state index contributed by atoms with van der Waals surface area (Å²) in [5, 5.41) is 11.4. The first-order chi connectivity index (χ1) is 14.8. The molecule has 0 saturated carbocycles. The number of para-hydroxylation sites is 1. The summed E-state index contributed by atoms with van der Waals surface area (Å²) < 4.78 is 2.24. The van der Waals surface area contributed by atoms with E-state index < -0.39 is 0 Å². The number of rotatable bonds is 6. The Kier molecular flexibility index (Phi) is 5.11. The molecule has 148 valence electrons. The summed E-state index contributed by atoms with van der Waals surface area (Å²) in [7, 11) is 0. The molecule has 30 heavy (non-hydrogen) atoms. The van der Waals surface area contributed by atoms with Crippen LogP contribution in [0.25, 0.3) is 22.3 Å². The molecule has 0 amide bonds. The molecule has 0 fully saturated rings. The topological polar surface area (TPSA) is 46.5 Å². The first-order valence-electron chi connectivity index (χ1n) is 10.0. The van der Waals surface area contributed by atoms with E-state index in [0.29, 0.717) is 0 Å². The predicted molar refractivity (Wildman–Crippen MR) is 124 cm³/mol. The van der Waals surface area contributed by atoms with Crippen molar-refractivity contribution in [3.8, 4) is 11.4 Å². The van der Waals surface area contributed by atoms with Crippen molar-refractivity contribution in [2.45, 2.75) is 24.4 Å². The molecule has 0 aliphatic heterocycles. The van der Waals surface area contributed by atoms with Gasteiger partial charge in [-0.2, -0.15) is 0 Å². The number of nitrogens with zero attached hydrogens (tertiary/aromatic N) is 3. The minimum atomic E-state index is 0.735. The number of thioether (sulfide) groups is 1. The van der Waals surface area contributed by atoms with Crippen molar-refractivity contribution in [3.05, 3.63) is 102 Å². The largest absolute Gasteiger partial charge is 0.358 e. The lowest BCUT2D eigenvalue weighted by atomic mass is 10.1. The third-order valence-electron chi connectivity index (χ3n) is 5.23. The Balaban J connectivity index is 1.58. The highest BCUT2D eigenvalue weighted by molar-refractivity contribution is 7.98. The third-order valence-corrected chi connectivity index (χ3v) is 6.27. The van der Waals surface area contributed by atoms with Gasteiger partial charge in [0, 0.05) is 27.9 Å². The summed E-state index contributed by atoms with van der Waals surface area (Å²) >= 11 is 1.73. The maximum Gasteiger partial charge on any atom is 0.192 e. The minimum absolute atomic E-state index is 0.735. The summed E-state index contributed by atoms with van der Waals surface area (Å²) in [4.78, 5) is 3.50. The molecule has 0 unspecified atom stereocenters. The molecule has 0 saturated heterocycles. The van der Waals surface area contributed by atoms with Gasteiger partial charge in [0.2, 0.25) is 0 Å². The lowest BCUT2D eigenvalue weighted by Gasteiger charge is -2.11. The molecule has 0 bridgehead atoms. The van der Waals surface area contributed by atoms with Crippen molar-refractivity contribution in [2.75, 3.05) is 0 Å². The molecule has 5 heteroatoms. The second kappa shape index (κ2) is 8.20. The fourth-order valence-corrected chi connectivity index (χ4v) is 4.67. The number of fused-ring (bicyclic) bond motifs is 1. The smallest absolute Gasteiger partial charge is 0.192 e. The maximum absolute atomic E-state index is 4.65. The van der Waals surface area contributed by atoms with Crippen LogP contribution in [0.15, 0.2) is 90.1 Å². The Morgan fingerprint density at radius 3 is 2.23 bits per heavy atom. The van der Waals surface area contributed by atoms with Gasteiger partial charge in [-0.05, 0) is 24.1 Å². The molecule has 2 aromatic heterocycles. The molecule has 4 nitrogen and oxygen atoms in total. The van der Waals surface area contributed by atoms with Crippen LogP contribution in [-0.2, 0) is 12.3 Å². The molecule has 0 atom stereocenters. The van der Waals surface area contributed by atoms with Gasteiger partial charge in [0.05, 0.1) is 6.54 Å². The third kappa shape index (κ3) is 3.64. The molecule has 5 aromatic rings. The molecular formula is C25H22N4S. The molecule has 2 heterocycles. The van der Waals surface area contributed by atoms with Gasteiger partial charge in [-0.25, -0.2) is 0 Å². The van der Waals surface area contributed by atoms with E-state index in [4.69, 9.17) is 0 Å². The quantitative estimate of drug-likeness (QED) is 0.345. The lowest BCUT2D eigenvalue weighted by Crippen LogP contribution is -2.04. The standard InChI is InChI=1S/C25H22N4S/c1-18-23(21-14-8-9-15-22(21)26-18)24-27-28-25(30-17-20-12-6-3-7-13-20)29(24)16-19-10-4-2-5-11-19/h2-15,26H,16-17H2,1H3. The van der Waals surface area contributed by atoms with E-state index in [9.17, 15) is 0 Å². The molecule has 1 N–H and O–H groups in total. The van der Waals surface area contributed by atoms with Crippen molar-refractivity contribution in [1.82, 2.24) is 19.7 Å². The fourth-order valence-electron chi connectivity index (χ4n) is 3.78. The number of hydrogen-bond donors (Lipinski definition) is 1. The van der Waals surface area contributed by atoms with Crippen LogP contribution in [0, 0.1) is 6.92 Å². The Morgan fingerprint density at radius 2 is 1.47 bits per heavy atom. The molecular weight excluding hydrogens is 388 g/mol. The fraction of sp³-hybridized carbons (Fsp3) is 0.120. The average Bonchev–Trinajstić information content (AvgIpc) is 3.33. The number of H-pyrrole nitrogens is 1. The van der Waals surface area contributed by atoms with E-state index in [2.05, 4.69) is 99.5 Å². The molecule has 0 aliphatic carbocycles. The second-order valence-corrected chi connectivity index (χ2v) is 8.27. The molecule has 0 spiro atoms. The molecule has 0 aliphatic rings. The minimum Gasteiger partial charge on any atom is -0.358 e. The van der Waals surface area contributed by atoms with Gasteiger partial charge in [0.15, 0.2) is 11.0 Å². The van der Waals surface area contributed by atoms with Crippen LogP contribution in [0.2, 0.25) is 0 Å². The molecule has 5 rings (SSSR count). The Labute approximate surface area is 180 Å². The number of aryl methyl sites for hydroxylation is 1. The van der Waals surface area contributed by atoms with Crippen molar-refractivity contribution in [3.63, 3.8) is 0 Å². The van der Waals surface area contributed by atoms with Gasteiger partial charge in [-0.15, -0.1) is 10.2 Å². The van der Waals surface area contributed by atoms with Gasteiger partial charge in [0.1, 0.15) is 0 Å². The number of nitrogens with one attached hydrogen (secondary N) is 1. The number of aromatic amines is 1. The molecule has 0 radical (unpaired) electrons. The van der Waals surface area contributed by atoms with Crippen molar-refractivity contribution in [1.29, 1.82) is 0 Å². The number of benzene rings is 3. The number of hydrogen-bond acceptors (Lipinski definition) is 3. The zero-order valence-corrected chi connectivity index (χ0v) is 17.6. The average molecular weight is 411 g/mol. The van der Waals surface area contributed by atoms with Crippen LogP contribution in [0.4, 0.5) is 0 Å². The predicted octanol–water partition coefficient (Wildman–Crippen LogP) is 6.08. The van der Waals surface area contributed by atoms with E-state index in [1.54, 1.807) is 11.8 Å². The van der Waals surface area contributed by atoms with Gasteiger partial charge in [0.25, 0.3) is 0 Å². The van der Waals surface area contributed by atoms with Crippen LogP contribution >= 0.6 is 11.8 Å². The summed E-state index contributed by atoms with van der Waals surface area (Å²) in [5.74, 6) is 1.77. The van der Waals surface area contributed by atoms with Gasteiger partial charge in [-0.3, -0.25) is 4.57 Å². The van der Waals surface area contributed by atoms with E-state index in [1.165, 1.54) is 16.5 Å². The van der Waals surface area contributed by atoms with Crippen LogP contribution in [0.3, 0.4) is 0 Å². The summed E-state index contributed by atoms with van der Waals surface area (Å²) in [6.07, 6.45) is 0. The van der Waals surface area contributed by atoms with Crippen LogP contribution in [0.1, 0.15) is 16.8 Å². The summed E-state index contributed by atoms with van der Waals surface area (Å²) in [5.41, 5.74) is 5.87. The van der Waals surface area contributed by atoms with Crippen molar-refractivity contribution < 1.29 is 0 Å². The van der Waals surface area contributed by atoms with Gasteiger partial charge in [-0.1, -0.05) is 90.6 Å². The highest BCUT2D eigenvalue weighted by Crippen LogP contribution is 2.34. The van der Waals surface area contributed by atoms with E-state index >= 15 is 0 Å². The van der Waals surface area contributed by atoms with E-state index in [-0.39, 0.29) is 0 Å². The van der Waals surface area contributed by atoms with Crippen LogP contribution < -0.4 is 0 Å². The normalized spacial score (nSPS) is 11.2. The van der Waals surface area contributed by atoms with E-state index in [0.717, 1.165) is 40.1 Å². The Hall–Kier alpha value is -3.31. The first-order valence-corrected chi connectivity index (χ1v) is 11.0. The van der Waals surface area contributed by atoms with Crippen LogP contribution in [0.5, 0.6) is 0 Å². The monoisotopic (exact) mass is 410 g/mol. The Bertz CT molecular complexity index is 1270. The van der Waals surface area contributed by atoms with E-state index in [1.807, 2.05) is 12.1 Å². The van der Waals surface area contributed by atoms with Crippen molar-refractivity contribution in [2.24, 2.45) is 0 Å². The van der Waals surface area contributed by atoms with Crippen LogP contribution in [-0.4, -0.2) is 19.7 Å². The summed E-state index contributed by atoms with van der Waals surface area (Å²) in [6.45, 7) is 2.84. The maximum atomic E-state index is 4.65. The first kappa shape index (κ1) is 18.7. The van der Waals surface area contributed by atoms with Crippen molar-refractivity contribution >= 4 is 22.7 Å². The van der Waals surface area contributed by atoms with Gasteiger partial charge < -0.3 is 4.98 Å². The zero-order chi connectivity index (χ0) is 20.3. The van der Waals surface area contributed by atoms with Gasteiger partial charge >= 0.3 is 0 Å². The number of aromatic nitrogens is 4. The summed E-state index contributed by atoms with van der Waals surface area (Å²) in [6, 6.07) is 29.4.